The SMILES string of the molecule is C=CC(=O)N1Cc2ccc(N3CC(C)C(F)(F)c4cnc(Nc5cccc(OC)c5)nc43)cc2C1.[HH]. The number of ether oxygens (including phenoxy) is 1. The van der Waals surface area contributed by atoms with Gasteiger partial charge in [-0.1, -0.05) is 25.6 Å². The first-order valence-electron chi connectivity index (χ1n) is 11.3. The zero-order valence-corrected chi connectivity index (χ0v) is 19.5. The van der Waals surface area contributed by atoms with Crippen LogP contribution in [0.3, 0.4) is 0 Å². The summed E-state index contributed by atoms with van der Waals surface area (Å²) in [4.78, 5) is 24.2. The highest BCUT2D eigenvalue weighted by Crippen LogP contribution is 2.47. The van der Waals surface area contributed by atoms with Crippen molar-refractivity contribution in [2.24, 2.45) is 5.92 Å². The summed E-state index contributed by atoms with van der Waals surface area (Å²) in [5, 5.41) is 3.08. The molecule has 1 N–H and O–H groups in total. The van der Waals surface area contributed by atoms with E-state index in [2.05, 4.69) is 21.9 Å². The molecule has 0 bridgehead atoms. The second-order valence-electron chi connectivity index (χ2n) is 8.77. The van der Waals surface area contributed by atoms with E-state index in [1.54, 1.807) is 29.0 Å². The van der Waals surface area contributed by atoms with Crippen molar-refractivity contribution in [1.29, 1.82) is 0 Å². The maximum atomic E-state index is 15.1. The van der Waals surface area contributed by atoms with Crippen LogP contribution in [-0.2, 0) is 23.8 Å². The largest absolute Gasteiger partial charge is 0.497 e. The molecule has 1 aromatic heterocycles. The number of nitrogens with one attached hydrogen (secondary N) is 1. The van der Waals surface area contributed by atoms with Gasteiger partial charge in [0.1, 0.15) is 11.6 Å². The minimum Gasteiger partial charge on any atom is -0.497 e. The van der Waals surface area contributed by atoms with E-state index >= 15 is 8.78 Å². The van der Waals surface area contributed by atoms with Gasteiger partial charge in [-0.15, -0.1) is 0 Å². The lowest BCUT2D eigenvalue weighted by Gasteiger charge is -2.38. The van der Waals surface area contributed by atoms with Crippen molar-refractivity contribution in [3.8, 4) is 5.75 Å². The van der Waals surface area contributed by atoms with E-state index < -0.39 is 11.8 Å². The molecule has 7 nitrogen and oxygen atoms in total. The van der Waals surface area contributed by atoms with Gasteiger partial charge in [0.15, 0.2) is 0 Å². The fourth-order valence-corrected chi connectivity index (χ4v) is 4.51. The zero-order valence-electron chi connectivity index (χ0n) is 19.5. The number of benzene rings is 2. The molecular weight excluding hydrogens is 452 g/mol. The molecule has 35 heavy (non-hydrogen) atoms. The predicted molar refractivity (Wildman–Crippen MR) is 131 cm³/mol. The summed E-state index contributed by atoms with van der Waals surface area (Å²) in [6.07, 6.45) is 2.50. The third-order valence-electron chi connectivity index (χ3n) is 6.49. The molecule has 0 spiro atoms. The summed E-state index contributed by atoms with van der Waals surface area (Å²) < 4.78 is 35.5. The van der Waals surface area contributed by atoms with Crippen molar-refractivity contribution in [3.63, 3.8) is 0 Å². The fourth-order valence-electron chi connectivity index (χ4n) is 4.51. The molecule has 0 saturated carbocycles. The molecule has 0 fully saturated rings. The van der Waals surface area contributed by atoms with Crippen LogP contribution >= 0.6 is 0 Å². The van der Waals surface area contributed by atoms with Gasteiger partial charge in [-0.05, 0) is 41.5 Å². The van der Waals surface area contributed by atoms with Crippen LogP contribution in [0.5, 0.6) is 5.75 Å². The van der Waals surface area contributed by atoms with Gasteiger partial charge in [-0.2, -0.15) is 4.98 Å². The molecule has 182 valence electrons. The Morgan fingerprint density at radius 3 is 2.83 bits per heavy atom. The number of alkyl halides is 2. The van der Waals surface area contributed by atoms with E-state index in [4.69, 9.17) is 4.74 Å². The third-order valence-corrected chi connectivity index (χ3v) is 6.49. The fraction of sp³-hybridized carbons (Fsp3) is 0.269. The van der Waals surface area contributed by atoms with Crippen LogP contribution in [0.1, 0.15) is 25.0 Å². The molecule has 0 radical (unpaired) electrons. The van der Waals surface area contributed by atoms with Crippen molar-refractivity contribution in [2.75, 3.05) is 23.9 Å². The number of rotatable bonds is 5. The maximum absolute atomic E-state index is 15.1. The van der Waals surface area contributed by atoms with Gasteiger partial charge in [0.05, 0.1) is 12.7 Å². The van der Waals surface area contributed by atoms with E-state index in [0.717, 1.165) is 16.8 Å². The number of anilines is 4. The second-order valence-corrected chi connectivity index (χ2v) is 8.77. The number of fused-ring (bicyclic) bond motifs is 2. The highest BCUT2D eigenvalue weighted by molar-refractivity contribution is 5.87. The quantitative estimate of drug-likeness (QED) is 0.496. The minimum absolute atomic E-state index is 0. The first kappa shape index (κ1) is 22.8. The van der Waals surface area contributed by atoms with Crippen molar-refractivity contribution in [3.05, 3.63) is 78.0 Å². The molecule has 1 atom stereocenters. The standard InChI is InChI=1S/C26H25F2N5O2.H2/c1-4-23(34)32-14-17-8-9-20(10-18(17)15-32)33-13-16(2)26(27,28)22-12-29-25(31-24(22)33)30-19-6-5-7-21(11-19)35-3;/h4-12,16H,1,13-15H2,2-3H3,(H,29,30,31);1H. The summed E-state index contributed by atoms with van der Waals surface area (Å²) in [7, 11) is 1.57. The van der Waals surface area contributed by atoms with Gasteiger partial charge >= 0.3 is 0 Å². The number of amides is 1. The van der Waals surface area contributed by atoms with Gasteiger partial charge < -0.3 is 19.9 Å². The summed E-state index contributed by atoms with van der Waals surface area (Å²) in [5.74, 6) is -3.13. The Balaban J connectivity index is 0.00000304. The molecule has 1 unspecified atom stereocenters. The Hall–Kier alpha value is -4.01. The number of aromatic nitrogens is 2. The minimum atomic E-state index is -3.07. The average Bonchev–Trinajstić information content (AvgIpc) is 3.29. The second kappa shape index (κ2) is 8.65. The lowest BCUT2D eigenvalue weighted by molar-refractivity contribution is -0.126. The molecule has 3 heterocycles. The zero-order chi connectivity index (χ0) is 24.7. The Morgan fingerprint density at radius 1 is 1.26 bits per heavy atom. The number of halogens is 2. The molecule has 0 aliphatic carbocycles. The number of nitrogens with zero attached hydrogens (tertiary/aromatic N) is 4. The molecule has 3 aromatic rings. The normalized spacial score (nSPS) is 18.0. The molecule has 2 aliphatic heterocycles. The first-order chi connectivity index (χ1) is 16.8. The number of hydrogen-bond donors (Lipinski definition) is 1. The summed E-state index contributed by atoms with van der Waals surface area (Å²) in [6, 6.07) is 13.0. The van der Waals surface area contributed by atoms with Gasteiger partial charge in [0.25, 0.3) is 5.92 Å². The van der Waals surface area contributed by atoms with Gasteiger partial charge in [0.2, 0.25) is 11.9 Å². The van der Waals surface area contributed by atoms with Crippen LogP contribution in [0.15, 0.2) is 61.3 Å². The molecule has 2 aromatic carbocycles. The summed E-state index contributed by atoms with van der Waals surface area (Å²) in [5.41, 5.74) is 3.22. The molecule has 1 amide bonds. The van der Waals surface area contributed by atoms with E-state index in [9.17, 15) is 4.79 Å². The van der Waals surface area contributed by atoms with E-state index in [1.807, 2.05) is 30.3 Å². The molecular formula is C26H27F2N5O2. The van der Waals surface area contributed by atoms with Crippen molar-refractivity contribution < 1.29 is 19.7 Å². The van der Waals surface area contributed by atoms with Crippen LogP contribution in [-0.4, -0.2) is 34.4 Å². The molecule has 2 aliphatic rings. The predicted octanol–water partition coefficient (Wildman–Crippen LogP) is 5.38. The van der Waals surface area contributed by atoms with E-state index in [-0.39, 0.29) is 31.2 Å². The third kappa shape index (κ3) is 4.07. The van der Waals surface area contributed by atoms with Gasteiger partial charge in [-0.3, -0.25) is 4.79 Å². The van der Waals surface area contributed by atoms with E-state index in [0.29, 0.717) is 24.5 Å². The topological polar surface area (TPSA) is 70.6 Å². The highest BCUT2D eigenvalue weighted by Gasteiger charge is 2.47. The number of hydrogen-bond acceptors (Lipinski definition) is 6. The van der Waals surface area contributed by atoms with Crippen LogP contribution in [0.4, 0.5) is 31.9 Å². The molecule has 0 saturated heterocycles. The number of carbonyl (C=O) groups excluding carboxylic acids is 1. The Morgan fingerprint density at radius 2 is 2.06 bits per heavy atom. The highest BCUT2D eigenvalue weighted by atomic mass is 19.3. The molecule has 5 rings (SSSR count). The van der Waals surface area contributed by atoms with Crippen molar-refractivity contribution in [2.45, 2.75) is 25.9 Å². The van der Waals surface area contributed by atoms with Gasteiger partial charge in [-0.25, -0.2) is 13.8 Å². The van der Waals surface area contributed by atoms with Gasteiger partial charge in [0, 0.05) is 50.6 Å². The lowest BCUT2D eigenvalue weighted by atomic mass is 9.92. The summed E-state index contributed by atoms with van der Waals surface area (Å²) in [6.45, 7) is 6.12. The Bertz CT molecular complexity index is 1320. The van der Waals surface area contributed by atoms with Crippen LogP contribution in [0.25, 0.3) is 0 Å². The summed E-state index contributed by atoms with van der Waals surface area (Å²) >= 11 is 0. The van der Waals surface area contributed by atoms with Crippen LogP contribution < -0.4 is 15.0 Å². The Labute approximate surface area is 203 Å². The number of carbonyl (C=O) groups is 1. The lowest BCUT2D eigenvalue weighted by Crippen LogP contribution is -2.41. The van der Waals surface area contributed by atoms with E-state index in [1.165, 1.54) is 19.2 Å². The average molecular weight is 480 g/mol. The monoisotopic (exact) mass is 479 g/mol. The van der Waals surface area contributed by atoms with Crippen molar-refractivity contribution in [1.82, 2.24) is 14.9 Å². The van der Waals surface area contributed by atoms with Crippen molar-refractivity contribution >= 4 is 29.0 Å². The maximum Gasteiger partial charge on any atom is 0.282 e. The first-order valence-corrected chi connectivity index (χ1v) is 11.3. The Kier molecular flexibility index (Phi) is 5.62. The number of methoxy groups -OCH3 is 1. The molecule has 9 heteroatoms. The van der Waals surface area contributed by atoms with Crippen LogP contribution in [0.2, 0.25) is 0 Å². The van der Waals surface area contributed by atoms with Crippen LogP contribution in [0, 0.1) is 5.92 Å². The smallest absolute Gasteiger partial charge is 0.282 e.